The molecule has 0 bridgehead atoms. The van der Waals surface area contributed by atoms with Gasteiger partial charge in [-0.15, -0.1) is 0 Å². The van der Waals surface area contributed by atoms with Crippen LogP contribution in [-0.4, -0.2) is 62.8 Å². The van der Waals surface area contributed by atoms with Crippen molar-refractivity contribution in [3.63, 3.8) is 0 Å². The highest BCUT2D eigenvalue weighted by molar-refractivity contribution is 5.06. The summed E-state index contributed by atoms with van der Waals surface area (Å²) in [5.41, 5.74) is 0.0715. The third-order valence-electron chi connectivity index (χ3n) is 2.98. The quantitative estimate of drug-likeness (QED) is 0.629. The van der Waals surface area contributed by atoms with Crippen molar-refractivity contribution in [2.24, 2.45) is 0 Å². The van der Waals surface area contributed by atoms with E-state index >= 15 is 0 Å². The highest BCUT2D eigenvalue weighted by Gasteiger charge is 2.43. The molecule has 4 heteroatoms. The Morgan fingerprint density at radius 1 is 1.57 bits per heavy atom. The first-order valence-electron chi connectivity index (χ1n) is 4.90. The van der Waals surface area contributed by atoms with Crippen molar-refractivity contribution < 1.29 is 4.74 Å². The molecule has 0 unspecified atom stereocenters. The van der Waals surface area contributed by atoms with Gasteiger partial charge in [0.1, 0.15) is 0 Å². The van der Waals surface area contributed by atoms with Gasteiger partial charge >= 0.3 is 0 Å². The van der Waals surface area contributed by atoms with Gasteiger partial charge in [-0.05, 0) is 14.1 Å². The van der Waals surface area contributed by atoms with Crippen molar-refractivity contribution in [2.45, 2.75) is 12.0 Å². The molecule has 0 aromatic heterocycles. The highest BCUT2D eigenvalue weighted by atomic mass is 16.5. The summed E-state index contributed by atoms with van der Waals surface area (Å²) >= 11 is 0. The Kier molecular flexibility index (Phi) is 3.87. The van der Waals surface area contributed by atoms with E-state index in [2.05, 4.69) is 30.0 Å². The zero-order valence-electron chi connectivity index (χ0n) is 9.29. The van der Waals surface area contributed by atoms with E-state index in [0.29, 0.717) is 6.42 Å². The summed E-state index contributed by atoms with van der Waals surface area (Å²) in [5, 5.41) is 8.80. The molecule has 0 atom stereocenters. The van der Waals surface area contributed by atoms with Crippen LogP contribution < -0.4 is 0 Å². The van der Waals surface area contributed by atoms with Crippen molar-refractivity contribution in [1.29, 1.82) is 5.26 Å². The summed E-state index contributed by atoms with van der Waals surface area (Å²) in [6.45, 7) is 3.60. The number of rotatable bonds is 5. The molecule has 0 N–H and O–H groups in total. The second-order valence-electron chi connectivity index (χ2n) is 4.15. The molecule has 1 rings (SSSR count). The standard InChI is InChI=1S/C10H19N3O/c1-12-8-10(9-12,4-5-11)13(2)6-7-14-3/h4,6-9H2,1-3H3. The Labute approximate surface area is 86.0 Å². The first kappa shape index (κ1) is 11.4. The monoisotopic (exact) mass is 197 g/mol. The molecule has 1 aliphatic heterocycles. The maximum atomic E-state index is 8.80. The van der Waals surface area contributed by atoms with Crippen LogP contribution in [0.1, 0.15) is 6.42 Å². The summed E-state index contributed by atoms with van der Waals surface area (Å²) in [4.78, 5) is 4.49. The summed E-state index contributed by atoms with van der Waals surface area (Å²) in [6, 6.07) is 2.28. The SMILES string of the molecule is COCCN(C)C1(CC#N)CN(C)C1. The van der Waals surface area contributed by atoms with Crippen molar-refractivity contribution >= 4 is 0 Å². The van der Waals surface area contributed by atoms with E-state index in [1.165, 1.54) is 0 Å². The maximum Gasteiger partial charge on any atom is 0.0642 e. The number of hydrogen-bond acceptors (Lipinski definition) is 4. The van der Waals surface area contributed by atoms with Gasteiger partial charge in [0.2, 0.25) is 0 Å². The van der Waals surface area contributed by atoms with Crippen LogP contribution in [-0.2, 0) is 4.74 Å². The van der Waals surface area contributed by atoms with E-state index in [4.69, 9.17) is 10.00 Å². The van der Waals surface area contributed by atoms with E-state index < -0.39 is 0 Å². The number of nitriles is 1. The molecule has 1 fully saturated rings. The van der Waals surface area contributed by atoms with Gasteiger partial charge in [-0.2, -0.15) is 5.26 Å². The van der Waals surface area contributed by atoms with E-state index in [1.54, 1.807) is 7.11 Å². The predicted molar refractivity (Wildman–Crippen MR) is 55.0 cm³/mol. The van der Waals surface area contributed by atoms with Gasteiger partial charge in [0.25, 0.3) is 0 Å². The smallest absolute Gasteiger partial charge is 0.0642 e. The van der Waals surface area contributed by atoms with Crippen molar-refractivity contribution in [3.8, 4) is 6.07 Å². The Bertz CT molecular complexity index is 218. The van der Waals surface area contributed by atoms with E-state index in [0.717, 1.165) is 26.2 Å². The van der Waals surface area contributed by atoms with Crippen LogP contribution in [0.4, 0.5) is 0 Å². The van der Waals surface area contributed by atoms with Crippen LogP contribution in [0.3, 0.4) is 0 Å². The minimum Gasteiger partial charge on any atom is -0.383 e. The fraction of sp³-hybridized carbons (Fsp3) is 0.900. The molecule has 0 aliphatic carbocycles. The molecule has 0 spiro atoms. The Hall–Kier alpha value is -0.630. The van der Waals surface area contributed by atoms with Crippen molar-refractivity contribution in [3.05, 3.63) is 0 Å². The Morgan fingerprint density at radius 3 is 2.64 bits per heavy atom. The normalized spacial score (nSPS) is 20.5. The van der Waals surface area contributed by atoms with Crippen LogP contribution in [0.15, 0.2) is 0 Å². The lowest BCUT2D eigenvalue weighted by molar-refractivity contribution is -0.0330. The lowest BCUT2D eigenvalue weighted by Gasteiger charge is -2.52. The van der Waals surface area contributed by atoms with Crippen molar-refractivity contribution in [1.82, 2.24) is 9.80 Å². The molecule has 0 radical (unpaired) electrons. The molecule has 80 valence electrons. The number of ether oxygens (including phenoxy) is 1. The summed E-state index contributed by atoms with van der Waals surface area (Å²) in [5.74, 6) is 0. The number of nitrogens with zero attached hydrogens (tertiary/aromatic N) is 3. The van der Waals surface area contributed by atoms with Crippen LogP contribution in [0.5, 0.6) is 0 Å². The number of likely N-dealkylation sites (tertiary alicyclic amines) is 1. The minimum absolute atomic E-state index is 0.0715. The molecule has 1 saturated heterocycles. The molecule has 0 aromatic carbocycles. The largest absolute Gasteiger partial charge is 0.383 e. The molecule has 14 heavy (non-hydrogen) atoms. The minimum atomic E-state index is 0.0715. The third-order valence-corrected chi connectivity index (χ3v) is 2.98. The van der Waals surface area contributed by atoms with Crippen molar-refractivity contribution in [2.75, 3.05) is 47.4 Å². The number of likely N-dealkylation sites (N-methyl/N-ethyl adjacent to an activating group) is 2. The molecule has 0 amide bonds. The molecular weight excluding hydrogens is 178 g/mol. The summed E-state index contributed by atoms with van der Waals surface area (Å²) < 4.78 is 5.04. The van der Waals surface area contributed by atoms with Gasteiger partial charge < -0.3 is 9.64 Å². The van der Waals surface area contributed by atoms with Gasteiger partial charge in [0.05, 0.1) is 24.6 Å². The van der Waals surface area contributed by atoms with Gasteiger partial charge in [0, 0.05) is 26.7 Å². The van der Waals surface area contributed by atoms with Gasteiger partial charge in [0.15, 0.2) is 0 Å². The molecular formula is C10H19N3O. The van der Waals surface area contributed by atoms with Crippen LogP contribution >= 0.6 is 0 Å². The summed E-state index contributed by atoms with van der Waals surface area (Å²) in [6.07, 6.45) is 0.609. The molecule has 1 aliphatic rings. The van der Waals surface area contributed by atoms with E-state index in [-0.39, 0.29) is 5.54 Å². The second-order valence-corrected chi connectivity index (χ2v) is 4.15. The second kappa shape index (κ2) is 4.74. The lowest BCUT2D eigenvalue weighted by Crippen LogP contribution is -2.68. The zero-order chi connectivity index (χ0) is 10.6. The molecule has 0 saturated carbocycles. The Morgan fingerprint density at radius 2 is 2.21 bits per heavy atom. The lowest BCUT2D eigenvalue weighted by atomic mass is 9.85. The third kappa shape index (κ3) is 2.24. The molecule has 1 heterocycles. The average molecular weight is 197 g/mol. The topological polar surface area (TPSA) is 39.5 Å². The first-order valence-corrected chi connectivity index (χ1v) is 4.90. The van der Waals surface area contributed by atoms with E-state index in [1.807, 2.05) is 0 Å². The number of methoxy groups -OCH3 is 1. The zero-order valence-corrected chi connectivity index (χ0v) is 9.29. The molecule has 0 aromatic rings. The molecule has 4 nitrogen and oxygen atoms in total. The number of hydrogen-bond donors (Lipinski definition) is 0. The van der Waals surface area contributed by atoms with E-state index in [9.17, 15) is 0 Å². The summed E-state index contributed by atoms with van der Waals surface area (Å²) in [7, 11) is 5.86. The van der Waals surface area contributed by atoms with Crippen LogP contribution in [0.25, 0.3) is 0 Å². The fourth-order valence-corrected chi connectivity index (χ4v) is 2.06. The highest BCUT2D eigenvalue weighted by Crippen LogP contribution is 2.28. The van der Waals surface area contributed by atoms with Gasteiger partial charge in [-0.3, -0.25) is 4.90 Å². The van der Waals surface area contributed by atoms with Gasteiger partial charge in [-0.1, -0.05) is 0 Å². The van der Waals surface area contributed by atoms with Crippen LogP contribution in [0, 0.1) is 11.3 Å². The van der Waals surface area contributed by atoms with Gasteiger partial charge in [-0.25, -0.2) is 0 Å². The predicted octanol–water partition coefficient (Wildman–Crippen LogP) is 0.162. The fourth-order valence-electron chi connectivity index (χ4n) is 2.06. The average Bonchev–Trinajstić information content (AvgIpc) is 2.11. The first-order chi connectivity index (χ1) is 6.64. The Balaban J connectivity index is 2.47. The van der Waals surface area contributed by atoms with Crippen LogP contribution in [0.2, 0.25) is 0 Å². The maximum absolute atomic E-state index is 8.80.